The van der Waals surface area contributed by atoms with Gasteiger partial charge in [-0.1, -0.05) is 51.9 Å². The molecule has 1 aliphatic heterocycles. The first-order valence-corrected chi connectivity index (χ1v) is 13.6. The number of piperidine rings is 1. The van der Waals surface area contributed by atoms with Gasteiger partial charge in [0.15, 0.2) is 0 Å². The number of aliphatic hydroxyl groups is 1. The van der Waals surface area contributed by atoms with Crippen LogP contribution in [0.1, 0.15) is 87.9 Å². The first-order valence-electron chi connectivity index (χ1n) is 13.6. The van der Waals surface area contributed by atoms with Gasteiger partial charge in [0.05, 0.1) is 17.7 Å². The molecule has 1 N–H and O–H groups in total. The molecule has 2 amide bonds. The van der Waals surface area contributed by atoms with Crippen LogP contribution in [0.5, 0.6) is 0 Å². The van der Waals surface area contributed by atoms with Crippen LogP contribution in [0.2, 0.25) is 0 Å². The lowest BCUT2D eigenvalue weighted by Gasteiger charge is -2.53. The lowest BCUT2D eigenvalue weighted by atomic mass is 9.65. The zero-order valence-electron chi connectivity index (χ0n) is 21.8. The molecule has 2 atom stereocenters. The van der Waals surface area contributed by atoms with Gasteiger partial charge in [0, 0.05) is 50.8 Å². The van der Waals surface area contributed by atoms with Crippen LogP contribution < -0.4 is 5.56 Å². The van der Waals surface area contributed by atoms with Crippen molar-refractivity contribution in [2.24, 2.45) is 17.3 Å². The Kier molecular flexibility index (Phi) is 7.74. The van der Waals surface area contributed by atoms with E-state index in [0.717, 1.165) is 32.1 Å². The number of nitrogens with zero attached hydrogens (tertiary/aromatic N) is 3. The highest BCUT2D eigenvalue weighted by molar-refractivity contribution is 5.93. The Morgan fingerprint density at radius 2 is 1.77 bits per heavy atom. The van der Waals surface area contributed by atoms with Crippen LogP contribution >= 0.6 is 0 Å². The van der Waals surface area contributed by atoms with Crippen LogP contribution in [-0.4, -0.2) is 64.1 Å². The molecule has 4 rings (SSSR count). The summed E-state index contributed by atoms with van der Waals surface area (Å²) < 4.78 is 1.50. The standard InChI is InChI=1S/C28H43N3O4/c1-21(17-22-9-5-4-6-10-22)25(33)30-16-15-28(35,27(19-30)13-7-8-14-27)20-31-18-23(11-12-24(31)32)26(34)29(2)3/h11-12,18,21-22,35H,4-10,13-17,19-20H2,1-3H3. The van der Waals surface area contributed by atoms with Gasteiger partial charge in [0.2, 0.25) is 5.91 Å². The van der Waals surface area contributed by atoms with Crippen molar-refractivity contribution in [1.29, 1.82) is 0 Å². The molecule has 1 saturated heterocycles. The molecule has 1 aromatic heterocycles. The minimum Gasteiger partial charge on any atom is -0.387 e. The second-order valence-corrected chi connectivity index (χ2v) is 11.8. The molecule has 2 heterocycles. The van der Waals surface area contributed by atoms with Gasteiger partial charge in [0.1, 0.15) is 0 Å². The van der Waals surface area contributed by atoms with Crippen LogP contribution in [0.3, 0.4) is 0 Å². The summed E-state index contributed by atoms with van der Waals surface area (Å²) in [6, 6.07) is 2.96. The number of hydrogen-bond donors (Lipinski definition) is 1. The maximum atomic E-state index is 13.5. The lowest BCUT2D eigenvalue weighted by molar-refractivity contribution is -0.163. The monoisotopic (exact) mass is 485 g/mol. The van der Waals surface area contributed by atoms with E-state index in [1.54, 1.807) is 26.4 Å². The average molecular weight is 486 g/mol. The molecule has 3 fully saturated rings. The van der Waals surface area contributed by atoms with Gasteiger partial charge >= 0.3 is 0 Å². The Hall–Kier alpha value is -2.15. The fourth-order valence-corrected chi connectivity index (χ4v) is 6.94. The van der Waals surface area contributed by atoms with Gasteiger partial charge in [-0.15, -0.1) is 0 Å². The van der Waals surface area contributed by atoms with E-state index < -0.39 is 11.0 Å². The third-order valence-corrected chi connectivity index (χ3v) is 9.05. The summed E-state index contributed by atoms with van der Waals surface area (Å²) in [6.07, 6.45) is 13.1. The molecule has 2 saturated carbocycles. The minimum atomic E-state index is -1.09. The second kappa shape index (κ2) is 10.5. The van der Waals surface area contributed by atoms with Crippen molar-refractivity contribution in [3.05, 3.63) is 34.2 Å². The molecule has 7 heteroatoms. The lowest BCUT2D eigenvalue weighted by Crippen LogP contribution is -2.62. The molecule has 1 spiro atoms. The number of rotatable bonds is 6. The Balaban J connectivity index is 1.51. The summed E-state index contributed by atoms with van der Waals surface area (Å²) in [6.45, 7) is 3.30. The van der Waals surface area contributed by atoms with Crippen molar-refractivity contribution < 1.29 is 14.7 Å². The second-order valence-electron chi connectivity index (χ2n) is 11.8. The molecule has 1 aromatic rings. The molecular formula is C28H43N3O4. The summed E-state index contributed by atoms with van der Waals surface area (Å²) in [5, 5.41) is 12.0. The number of carbonyl (C=O) groups is 2. The molecule has 0 bridgehead atoms. The van der Waals surface area contributed by atoms with E-state index in [9.17, 15) is 19.5 Å². The van der Waals surface area contributed by atoms with Gasteiger partial charge < -0.3 is 19.5 Å². The summed E-state index contributed by atoms with van der Waals surface area (Å²) in [5.74, 6) is 0.723. The third-order valence-electron chi connectivity index (χ3n) is 9.05. The number of carbonyl (C=O) groups excluding carboxylic acids is 2. The van der Waals surface area contributed by atoms with E-state index in [0.29, 0.717) is 31.0 Å². The fourth-order valence-electron chi connectivity index (χ4n) is 6.94. The predicted molar refractivity (Wildman–Crippen MR) is 136 cm³/mol. The van der Waals surface area contributed by atoms with Crippen molar-refractivity contribution >= 4 is 11.8 Å². The predicted octanol–water partition coefficient (Wildman–Crippen LogP) is 3.68. The van der Waals surface area contributed by atoms with E-state index in [4.69, 9.17) is 0 Å². The van der Waals surface area contributed by atoms with E-state index in [1.807, 2.05) is 4.90 Å². The minimum absolute atomic E-state index is 0.0130. The maximum Gasteiger partial charge on any atom is 0.254 e. The van der Waals surface area contributed by atoms with Crippen molar-refractivity contribution in [3.8, 4) is 0 Å². The van der Waals surface area contributed by atoms with Crippen LogP contribution in [0.4, 0.5) is 0 Å². The molecule has 7 nitrogen and oxygen atoms in total. The zero-order valence-corrected chi connectivity index (χ0v) is 21.8. The number of pyridine rings is 1. The number of aromatic nitrogens is 1. The Bertz CT molecular complexity index is 975. The van der Waals surface area contributed by atoms with Gasteiger partial charge in [-0.2, -0.15) is 0 Å². The SMILES string of the molecule is CC(CC1CCCCC1)C(=O)N1CCC(O)(Cn2cc(C(=O)N(C)C)ccc2=O)C2(CCCC2)C1. The fraction of sp³-hybridized carbons (Fsp3) is 0.750. The first kappa shape index (κ1) is 25.9. The molecule has 3 aliphatic rings. The van der Waals surface area contributed by atoms with Gasteiger partial charge in [-0.3, -0.25) is 14.4 Å². The van der Waals surface area contributed by atoms with Crippen LogP contribution in [0.15, 0.2) is 23.1 Å². The van der Waals surface area contributed by atoms with E-state index in [2.05, 4.69) is 6.92 Å². The summed E-state index contributed by atoms with van der Waals surface area (Å²) in [4.78, 5) is 42.1. The van der Waals surface area contributed by atoms with E-state index in [1.165, 1.54) is 47.6 Å². The largest absolute Gasteiger partial charge is 0.387 e. The molecule has 2 unspecified atom stereocenters. The maximum absolute atomic E-state index is 13.5. The molecule has 35 heavy (non-hydrogen) atoms. The molecule has 0 radical (unpaired) electrons. The molecule has 0 aromatic carbocycles. The Morgan fingerprint density at radius 3 is 2.43 bits per heavy atom. The first-order chi connectivity index (χ1) is 16.6. The van der Waals surface area contributed by atoms with Crippen molar-refractivity contribution in [3.63, 3.8) is 0 Å². The van der Waals surface area contributed by atoms with Crippen molar-refractivity contribution in [2.75, 3.05) is 27.2 Å². The van der Waals surface area contributed by atoms with E-state index in [-0.39, 0.29) is 29.8 Å². The molecular weight excluding hydrogens is 442 g/mol. The smallest absolute Gasteiger partial charge is 0.254 e. The highest BCUT2D eigenvalue weighted by Gasteiger charge is 2.55. The number of amides is 2. The zero-order chi connectivity index (χ0) is 25.2. The quantitative estimate of drug-likeness (QED) is 0.666. The number of likely N-dealkylation sites (tertiary alicyclic amines) is 1. The van der Waals surface area contributed by atoms with Crippen molar-refractivity contribution in [1.82, 2.24) is 14.4 Å². The highest BCUT2D eigenvalue weighted by atomic mass is 16.3. The van der Waals surface area contributed by atoms with Gasteiger partial charge in [-0.25, -0.2) is 0 Å². The van der Waals surface area contributed by atoms with Gasteiger partial charge in [0.25, 0.3) is 11.5 Å². The Morgan fingerprint density at radius 1 is 1.09 bits per heavy atom. The summed E-state index contributed by atoms with van der Waals surface area (Å²) in [7, 11) is 3.36. The van der Waals surface area contributed by atoms with E-state index >= 15 is 0 Å². The van der Waals surface area contributed by atoms with Crippen molar-refractivity contribution in [2.45, 2.75) is 89.7 Å². The average Bonchev–Trinajstić information content (AvgIpc) is 3.32. The van der Waals surface area contributed by atoms with Crippen LogP contribution in [-0.2, 0) is 11.3 Å². The normalized spacial score (nSPS) is 25.5. The van der Waals surface area contributed by atoms with Crippen LogP contribution in [0.25, 0.3) is 0 Å². The summed E-state index contributed by atoms with van der Waals surface area (Å²) in [5.41, 5.74) is -1.28. The highest BCUT2D eigenvalue weighted by Crippen LogP contribution is 2.51. The van der Waals surface area contributed by atoms with Gasteiger partial charge in [-0.05, 0) is 37.7 Å². The molecule has 194 valence electrons. The Labute approximate surface area is 209 Å². The topological polar surface area (TPSA) is 82.8 Å². The molecule has 2 aliphatic carbocycles. The van der Waals surface area contributed by atoms with Crippen LogP contribution in [0, 0.1) is 17.3 Å². The third kappa shape index (κ3) is 5.35. The number of hydrogen-bond acceptors (Lipinski definition) is 4. The summed E-state index contributed by atoms with van der Waals surface area (Å²) >= 11 is 0.